The maximum Gasteiger partial charge on any atom is 0.305 e. The van der Waals surface area contributed by atoms with Crippen LogP contribution in [0.25, 0.3) is 0 Å². The Balaban J connectivity index is 1.87. The fourth-order valence-electron chi connectivity index (χ4n) is 12.1. The second kappa shape index (κ2) is 63.0. The predicted molar refractivity (Wildman–Crippen MR) is 352 cm³/mol. The number of esters is 1. The maximum absolute atomic E-state index is 13.0. The number of allylic oxidation sites excluding steroid dienone is 1. The Kier molecular flexibility index (Phi) is 60.3. The van der Waals surface area contributed by atoms with Crippen LogP contribution in [0.2, 0.25) is 0 Å². The average molecular weight is 1190 g/mol. The molecule has 0 aromatic heterocycles. The molecule has 0 aromatic rings. The molecule has 84 heavy (non-hydrogen) atoms. The Hall–Kier alpha value is -1.60. The molecule has 0 aliphatic carbocycles. The van der Waals surface area contributed by atoms with Crippen LogP contribution >= 0.6 is 0 Å². The van der Waals surface area contributed by atoms with Crippen LogP contribution in [-0.2, 0) is 23.8 Å². The first-order chi connectivity index (χ1) is 41.2. The number of carbonyl (C=O) groups excluding carboxylic acids is 2. The Morgan fingerprint density at radius 2 is 0.750 bits per heavy atom. The zero-order valence-corrected chi connectivity index (χ0v) is 55.4. The summed E-state index contributed by atoms with van der Waals surface area (Å²) in [6.07, 6.45) is 68.2. The van der Waals surface area contributed by atoms with Gasteiger partial charge in [-0.05, 0) is 32.1 Å². The maximum atomic E-state index is 13.0. The molecule has 7 unspecified atom stereocenters. The number of rotatable bonds is 66. The average Bonchev–Trinajstić information content (AvgIpc) is 3.23. The number of aliphatic hydroxyl groups is 5. The van der Waals surface area contributed by atoms with Crippen molar-refractivity contribution in [1.29, 1.82) is 0 Å². The van der Waals surface area contributed by atoms with Crippen molar-refractivity contribution >= 4 is 11.9 Å². The lowest BCUT2D eigenvalue weighted by Gasteiger charge is -2.40. The van der Waals surface area contributed by atoms with Crippen LogP contribution < -0.4 is 5.32 Å². The lowest BCUT2D eigenvalue weighted by Crippen LogP contribution is -2.60. The van der Waals surface area contributed by atoms with Crippen molar-refractivity contribution in [2.75, 3.05) is 19.8 Å². The summed E-state index contributed by atoms with van der Waals surface area (Å²) in [6, 6.07) is -0.803. The molecular weight excluding hydrogens is 1050 g/mol. The van der Waals surface area contributed by atoms with E-state index in [0.717, 1.165) is 51.4 Å². The summed E-state index contributed by atoms with van der Waals surface area (Å²) < 4.78 is 16.7. The van der Waals surface area contributed by atoms with Crippen molar-refractivity contribution in [3.63, 3.8) is 0 Å². The van der Waals surface area contributed by atoms with Gasteiger partial charge in [0.1, 0.15) is 24.4 Å². The lowest BCUT2D eigenvalue weighted by molar-refractivity contribution is -0.302. The molecule has 1 amide bonds. The standard InChI is InChI=1S/C73H141NO10/c1-3-5-7-9-11-13-14-41-45-49-53-57-61-69(78)82-62-58-54-50-46-42-39-37-35-33-31-29-27-25-23-21-19-17-15-16-18-20-22-24-26-28-30-32-34-36-38-40-44-48-52-56-60-68(77)74-65(66(76)59-55-51-47-43-12-10-8-6-4-2)64-83-73-72(81)71(80)70(79)67(63-75)84-73/h55,59,65-67,70-73,75-76,79-81H,3-54,56-58,60-64H2,1-2H3,(H,74,77)/b59-55+. The minimum atomic E-state index is -1.57. The van der Waals surface area contributed by atoms with Crippen LogP contribution in [0.1, 0.15) is 380 Å². The van der Waals surface area contributed by atoms with Gasteiger partial charge in [0, 0.05) is 12.8 Å². The highest BCUT2D eigenvalue weighted by atomic mass is 16.7. The third kappa shape index (κ3) is 51.3. The van der Waals surface area contributed by atoms with Gasteiger partial charge in [0.15, 0.2) is 6.29 Å². The quantitative estimate of drug-likeness (QED) is 0.0195. The van der Waals surface area contributed by atoms with Gasteiger partial charge in [-0.1, -0.05) is 347 Å². The summed E-state index contributed by atoms with van der Waals surface area (Å²) >= 11 is 0. The second-order valence-corrected chi connectivity index (χ2v) is 26.0. The summed E-state index contributed by atoms with van der Waals surface area (Å²) in [6.45, 7) is 4.36. The minimum Gasteiger partial charge on any atom is -0.466 e. The van der Waals surface area contributed by atoms with Gasteiger partial charge in [-0.25, -0.2) is 0 Å². The van der Waals surface area contributed by atoms with Gasteiger partial charge in [-0.2, -0.15) is 0 Å². The van der Waals surface area contributed by atoms with Crippen molar-refractivity contribution in [1.82, 2.24) is 5.32 Å². The number of nitrogens with one attached hydrogen (secondary N) is 1. The molecule has 11 nitrogen and oxygen atoms in total. The third-order valence-electron chi connectivity index (χ3n) is 17.9. The van der Waals surface area contributed by atoms with Gasteiger partial charge in [0.2, 0.25) is 5.91 Å². The fraction of sp³-hybridized carbons (Fsp3) is 0.945. The van der Waals surface area contributed by atoms with Gasteiger partial charge >= 0.3 is 5.97 Å². The molecule has 1 aliphatic heterocycles. The number of amides is 1. The molecule has 0 spiro atoms. The summed E-state index contributed by atoms with van der Waals surface area (Å²) in [5.41, 5.74) is 0. The zero-order chi connectivity index (χ0) is 60.9. The fourth-order valence-corrected chi connectivity index (χ4v) is 12.1. The van der Waals surface area contributed by atoms with E-state index < -0.39 is 49.5 Å². The molecular formula is C73H141NO10. The molecule has 498 valence electrons. The van der Waals surface area contributed by atoms with Crippen LogP contribution in [0.5, 0.6) is 0 Å². The number of unbranched alkanes of at least 4 members (excludes halogenated alkanes) is 52. The molecule has 1 saturated heterocycles. The van der Waals surface area contributed by atoms with Crippen LogP contribution in [0.4, 0.5) is 0 Å². The van der Waals surface area contributed by atoms with E-state index in [1.54, 1.807) is 6.08 Å². The highest BCUT2D eigenvalue weighted by Gasteiger charge is 2.44. The van der Waals surface area contributed by atoms with Crippen molar-refractivity contribution in [2.24, 2.45) is 0 Å². The van der Waals surface area contributed by atoms with Crippen LogP contribution in [-0.4, -0.2) is 100 Å². The molecule has 1 aliphatic rings. The molecule has 0 radical (unpaired) electrons. The summed E-state index contributed by atoms with van der Waals surface area (Å²) in [5, 5.41) is 54.3. The highest BCUT2D eigenvalue weighted by molar-refractivity contribution is 5.76. The van der Waals surface area contributed by atoms with E-state index in [1.165, 1.54) is 302 Å². The molecule has 1 rings (SSSR count). The SMILES string of the molecule is CCCCCCCCC/C=C/C(O)C(COC1OC(CO)C(O)C(O)C1O)NC(=O)CCCCCCCCCCCCCCCCCCCCCCCCCCCCCCCCCCCCCOC(=O)CCCCCCCCCCCCCC. The van der Waals surface area contributed by atoms with E-state index >= 15 is 0 Å². The van der Waals surface area contributed by atoms with Crippen molar-refractivity contribution in [2.45, 2.75) is 423 Å². The molecule has 0 saturated carbocycles. The largest absolute Gasteiger partial charge is 0.466 e. The molecule has 0 aromatic carbocycles. The smallest absolute Gasteiger partial charge is 0.305 e. The Bertz CT molecular complexity index is 1400. The van der Waals surface area contributed by atoms with Crippen LogP contribution in [0.3, 0.4) is 0 Å². The molecule has 1 heterocycles. The van der Waals surface area contributed by atoms with E-state index in [0.29, 0.717) is 19.4 Å². The normalized spacial score (nSPS) is 18.0. The highest BCUT2D eigenvalue weighted by Crippen LogP contribution is 2.24. The summed E-state index contributed by atoms with van der Waals surface area (Å²) in [5.74, 6) is -0.159. The Morgan fingerprint density at radius 1 is 0.429 bits per heavy atom. The Morgan fingerprint density at radius 3 is 1.11 bits per heavy atom. The summed E-state index contributed by atoms with van der Waals surface area (Å²) in [7, 11) is 0. The van der Waals surface area contributed by atoms with E-state index in [4.69, 9.17) is 14.2 Å². The number of carbonyl (C=O) groups is 2. The lowest BCUT2D eigenvalue weighted by atomic mass is 9.99. The van der Waals surface area contributed by atoms with Gasteiger partial charge in [-0.3, -0.25) is 9.59 Å². The minimum absolute atomic E-state index is 0.0173. The molecule has 6 N–H and O–H groups in total. The van der Waals surface area contributed by atoms with E-state index in [9.17, 15) is 35.1 Å². The molecule has 0 bridgehead atoms. The van der Waals surface area contributed by atoms with Crippen LogP contribution in [0, 0.1) is 0 Å². The number of hydrogen-bond acceptors (Lipinski definition) is 10. The summed E-state index contributed by atoms with van der Waals surface area (Å²) in [4.78, 5) is 25.1. The Labute approximate surface area is 519 Å². The molecule has 1 fully saturated rings. The van der Waals surface area contributed by atoms with Gasteiger partial charge in [-0.15, -0.1) is 0 Å². The van der Waals surface area contributed by atoms with Gasteiger partial charge < -0.3 is 45.1 Å². The van der Waals surface area contributed by atoms with E-state index in [1.807, 2.05) is 6.08 Å². The first-order valence-electron chi connectivity index (χ1n) is 37.0. The molecule has 7 atom stereocenters. The first kappa shape index (κ1) is 80.4. The third-order valence-corrected chi connectivity index (χ3v) is 17.9. The predicted octanol–water partition coefficient (Wildman–Crippen LogP) is 19.0. The molecule has 11 heteroatoms. The van der Waals surface area contributed by atoms with Crippen molar-refractivity contribution < 1.29 is 49.3 Å². The second-order valence-electron chi connectivity index (χ2n) is 26.0. The van der Waals surface area contributed by atoms with E-state index in [-0.39, 0.29) is 18.5 Å². The van der Waals surface area contributed by atoms with Gasteiger partial charge in [0.05, 0.1) is 32.0 Å². The van der Waals surface area contributed by atoms with Crippen LogP contribution in [0.15, 0.2) is 12.2 Å². The van der Waals surface area contributed by atoms with Gasteiger partial charge in [0.25, 0.3) is 0 Å². The van der Waals surface area contributed by atoms with Crippen molar-refractivity contribution in [3.8, 4) is 0 Å². The number of aliphatic hydroxyl groups excluding tert-OH is 5. The number of hydrogen-bond donors (Lipinski definition) is 6. The van der Waals surface area contributed by atoms with E-state index in [2.05, 4.69) is 19.2 Å². The zero-order valence-electron chi connectivity index (χ0n) is 55.4. The van der Waals surface area contributed by atoms with Crippen molar-refractivity contribution in [3.05, 3.63) is 12.2 Å². The number of ether oxygens (including phenoxy) is 3. The monoisotopic (exact) mass is 1190 g/mol. The topological polar surface area (TPSA) is 175 Å². The first-order valence-corrected chi connectivity index (χ1v) is 37.0.